The minimum atomic E-state index is -0.373. The molecule has 2 aliphatic rings. The van der Waals surface area contributed by atoms with Gasteiger partial charge in [-0.1, -0.05) is 120 Å². The van der Waals surface area contributed by atoms with E-state index in [2.05, 4.69) is 191 Å². The fourth-order valence-corrected chi connectivity index (χ4v) is 8.40. The molecule has 8 aromatic carbocycles. The molecule has 0 saturated carbocycles. The van der Waals surface area contributed by atoms with Gasteiger partial charge in [0.15, 0.2) is 0 Å². The van der Waals surface area contributed by atoms with E-state index in [0.717, 1.165) is 33.8 Å². The first-order valence-electron chi connectivity index (χ1n) is 18.3. The number of hydrogen-bond donors (Lipinski definition) is 0. The van der Waals surface area contributed by atoms with Gasteiger partial charge in [0.25, 0.3) is 6.33 Å². The second-order valence-corrected chi connectivity index (χ2v) is 13.7. The van der Waals surface area contributed by atoms with Crippen molar-refractivity contribution in [2.45, 2.75) is 12.3 Å². The number of aromatic nitrogens is 2. The van der Waals surface area contributed by atoms with Crippen molar-refractivity contribution >= 4 is 28.1 Å². The molecule has 3 nitrogen and oxygen atoms in total. The quantitative estimate of drug-likeness (QED) is 0.127. The SMILES string of the molecule is Cc1ccc(-[n+]2[c-]n(-c3[c-]cccc3)c3ccccc32)cc1.[Pt+4].[c-]1ccccc1N1c2[c-]cccc2C2(c3ccccc3-c3ccccc32)c2ccccc21. The van der Waals surface area contributed by atoms with Crippen molar-refractivity contribution in [1.29, 1.82) is 0 Å². The van der Waals surface area contributed by atoms with Crippen molar-refractivity contribution in [3.63, 3.8) is 0 Å². The Hall–Kier alpha value is -6.28. The van der Waals surface area contributed by atoms with Crippen molar-refractivity contribution in [2.75, 3.05) is 4.90 Å². The first-order chi connectivity index (χ1) is 26.7. The molecule has 0 fully saturated rings. The van der Waals surface area contributed by atoms with Crippen LogP contribution in [0.2, 0.25) is 0 Å². The Bertz CT molecular complexity index is 2690. The molecule has 11 rings (SSSR count). The summed E-state index contributed by atoms with van der Waals surface area (Å²) < 4.78 is 4.14. The predicted molar refractivity (Wildman–Crippen MR) is 217 cm³/mol. The first-order valence-corrected chi connectivity index (χ1v) is 18.3. The van der Waals surface area contributed by atoms with Crippen LogP contribution >= 0.6 is 0 Å². The largest absolute Gasteiger partial charge is 4.00 e. The summed E-state index contributed by atoms with van der Waals surface area (Å²) >= 11 is 0. The normalized spacial score (nSPS) is 12.8. The van der Waals surface area contributed by atoms with Crippen LogP contribution in [-0.2, 0) is 26.5 Å². The van der Waals surface area contributed by atoms with E-state index < -0.39 is 0 Å². The first kappa shape index (κ1) is 34.5. The zero-order chi connectivity index (χ0) is 36.1. The van der Waals surface area contributed by atoms with Gasteiger partial charge in [0, 0.05) is 11.1 Å². The number of benzene rings is 8. The van der Waals surface area contributed by atoms with E-state index in [0.29, 0.717) is 0 Å². The number of imidazole rings is 1. The zero-order valence-electron chi connectivity index (χ0n) is 30.1. The predicted octanol–water partition coefficient (Wildman–Crippen LogP) is 11.2. The molecule has 262 valence electrons. The van der Waals surface area contributed by atoms with Crippen molar-refractivity contribution in [2.24, 2.45) is 0 Å². The number of rotatable bonds is 3. The van der Waals surface area contributed by atoms with Gasteiger partial charge < -0.3 is 9.47 Å². The van der Waals surface area contributed by atoms with Gasteiger partial charge in [-0.2, -0.15) is 78.9 Å². The Morgan fingerprint density at radius 2 is 1.05 bits per heavy atom. The molecule has 1 spiro atoms. The minimum absolute atomic E-state index is 0. The minimum Gasteiger partial charge on any atom is -0.358 e. The fraction of sp³-hybridized carbons (Fsp3) is 0.0392. The van der Waals surface area contributed by atoms with Gasteiger partial charge in [0.1, 0.15) is 0 Å². The Labute approximate surface area is 336 Å². The summed E-state index contributed by atoms with van der Waals surface area (Å²) in [6.07, 6.45) is 3.44. The summed E-state index contributed by atoms with van der Waals surface area (Å²) in [7, 11) is 0. The van der Waals surface area contributed by atoms with Crippen LogP contribution in [0.15, 0.2) is 188 Å². The van der Waals surface area contributed by atoms with Crippen LogP contribution in [0, 0.1) is 31.5 Å². The molecule has 55 heavy (non-hydrogen) atoms. The fourth-order valence-electron chi connectivity index (χ4n) is 8.40. The van der Waals surface area contributed by atoms with Crippen molar-refractivity contribution in [1.82, 2.24) is 4.57 Å². The summed E-state index contributed by atoms with van der Waals surface area (Å²) in [6.45, 7) is 2.10. The molecule has 0 N–H and O–H groups in total. The summed E-state index contributed by atoms with van der Waals surface area (Å²) in [6, 6.07) is 76.2. The average molecular weight is 884 g/mol. The van der Waals surface area contributed by atoms with Gasteiger partial charge in [-0.25, -0.2) is 0 Å². The molecule has 1 aliphatic carbocycles. The summed E-state index contributed by atoms with van der Waals surface area (Å²) in [5, 5.41) is 0. The van der Waals surface area contributed by atoms with Crippen LogP contribution in [0.4, 0.5) is 17.1 Å². The number of anilines is 3. The van der Waals surface area contributed by atoms with E-state index in [-0.39, 0.29) is 26.5 Å². The molecule has 0 unspecified atom stereocenters. The average Bonchev–Trinajstić information content (AvgIpc) is 3.77. The van der Waals surface area contributed by atoms with Gasteiger partial charge >= 0.3 is 21.1 Å². The standard InChI is InChI=1S/C31H19N.C20H15N2.Pt/c1-2-12-22(13-3-1)32-29-20-10-8-18-27(29)31(28-19-9-11-21-30(28)32)25-16-6-4-14-23(25)24-15-5-7-17-26(24)31;1-16-11-13-18(14-12-16)22-15-21(17-7-3-2-4-8-17)19-9-5-6-10-20(19)22;/h1-12,14-20H;2-7,9-14H,1H3;/q-2;-1;+4. The summed E-state index contributed by atoms with van der Waals surface area (Å²) in [5.41, 5.74) is 16.4. The van der Waals surface area contributed by atoms with Crippen molar-refractivity contribution in [3.05, 3.63) is 240 Å². The van der Waals surface area contributed by atoms with Gasteiger partial charge in [-0.15, -0.1) is 11.6 Å². The third-order valence-corrected chi connectivity index (χ3v) is 10.7. The molecule has 0 bridgehead atoms. The maximum atomic E-state index is 3.60. The van der Waals surface area contributed by atoms with E-state index >= 15 is 0 Å². The number of para-hydroxylation sites is 6. The number of nitrogens with zero attached hydrogens (tertiary/aromatic N) is 3. The van der Waals surface area contributed by atoms with Gasteiger partial charge in [-0.3, -0.25) is 4.57 Å². The van der Waals surface area contributed by atoms with E-state index in [1.165, 1.54) is 44.6 Å². The summed E-state index contributed by atoms with van der Waals surface area (Å²) in [5.74, 6) is 0. The van der Waals surface area contributed by atoms with Crippen LogP contribution in [0.25, 0.3) is 33.5 Å². The molecular formula is C51H34N3Pt+. The molecule has 1 aromatic heterocycles. The maximum Gasteiger partial charge on any atom is 4.00 e. The maximum absolute atomic E-state index is 3.60. The van der Waals surface area contributed by atoms with E-state index in [1.807, 2.05) is 42.5 Å². The molecule has 4 heteroatoms. The van der Waals surface area contributed by atoms with Crippen molar-refractivity contribution in [3.8, 4) is 22.5 Å². The van der Waals surface area contributed by atoms with Crippen LogP contribution in [0.1, 0.15) is 27.8 Å². The molecule has 2 heterocycles. The molecule has 1 aliphatic heterocycles. The monoisotopic (exact) mass is 883 g/mol. The van der Waals surface area contributed by atoms with Crippen LogP contribution in [0.3, 0.4) is 0 Å². The third kappa shape index (κ3) is 5.50. The third-order valence-electron chi connectivity index (χ3n) is 10.7. The van der Waals surface area contributed by atoms with Crippen LogP contribution < -0.4 is 9.47 Å². The zero-order valence-corrected chi connectivity index (χ0v) is 32.3. The van der Waals surface area contributed by atoms with E-state index in [1.54, 1.807) is 0 Å². The Morgan fingerprint density at radius 1 is 0.491 bits per heavy atom. The Balaban J connectivity index is 0.000000152. The second-order valence-electron chi connectivity index (χ2n) is 13.7. The molecule has 0 amide bonds. The molecule has 0 saturated heterocycles. The van der Waals surface area contributed by atoms with E-state index in [4.69, 9.17) is 0 Å². The van der Waals surface area contributed by atoms with E-state index in [9.17, 15) is 0 Å². The number of fused-ring (bicyclic) bond motifs is 10. The van der Waals surface area contributed by atoms with Crippen molar-refractivity contribution < 1.29 is 25.6 Å². The van der Waals surface area contributed by atoms with Crippen LogP contribution in [-0.4, -0.2) is 4.57 Å². The Morgan fingerprint density at radius 3 is 1.75 bits per heavy atom. The second kappa shape index (κ2) is 14.2. The summed E-state index contributed by atoms with van der Waals surface area (Å²) in [4.78, 5) is 2.31. The van der Waals surface area contributed by atoms with Gasteiger partial charge in [0.05, 0.1) is 16.7 Å². The molecule has 0 radical (unpaired) electrons. The number of hydrogen-bond acceptors (Lipinski definition) is 1. The van der Waals surface area contributed by atoms with Gasteiger partial charge in [0.2, 0.25) is 0 Å². The topological polar surface area (TPSA) is 12.0 Å². The van der Waals surface area contributed by atoms with Gasteiger partial charge in [-0.05, 0) is 58.6 Å². The molecule has 9 aromatic rings. The van der Waals surface area contributed by atoms with Crippen LogP contribution in [0.5, 0.6) is 0 Å². The number of aryl methyl sites for hydroxylation is 1. The smallest absolute Gasteiger partial charge is 0.358 e. The molecule has 0 atom stereocenters. The Kier molecular flexibility index (Phi) is 8.89. The molecular weight excluding hydrogens is 850 g/mol.